The van der Waals surface area contributed by atoms with E-state index in [9.17, 15) is 0 Å². The highest BCUT2D eigenvalue weighted by atomic mass is 15.3. The van der Waals surface area contributed by atoms with Crippen LogP contribution in [-0.2, 0) is 0 Å². The molecule has 0 aromatic heterocycles. The topological polar surface area (TPSA) is 15.6 Å². The van der Waals surface area contributed by atoms with Gasteiger partial charge in [-0.1, -0.05) is 24.6 Å². The van der Waals surface area contributed by atoms with E-state index >= 15 is 0 Å². The fourth-order valence-corrected chi connectivity index (χ4v) is 4.13. The van der Waals surface area contributed by atoms with Crippen LogP contribution in [0.15, 0.2) is 29.3 Å². The molecule has 1 aromatic rings. The van der Waals surface area contributed by atoms with Gasteiger partial charge in [0, 0.05) is 23.9 Å². The van der Waals surface area contributed by atoms with Crippen LogP contribution in [-0.4, -0.2) is 17.1 Å². The first-order valence-electron chi connectivity index (χ1n) is 7.32. The van der Waals surface area contributed by atoms with Crippen LogP contribution in [0.3, 0.4) is 0 Å². The Morgan fingerprint density at radius 3 is 3.00 bits per heavy atom. The van der Waals surface area contributed by atoms with Gasteiger partial charge >= 0.3 is 0 Å². The standard InChI is InChI=1S/C16H20N2/c1-2-9-15-13(6-1)12-18-11-5-8-14-7-3-4-10-16(14,18)17-15/h1-2,6,9,12,14H,3-5,7-8,10-11H2. The number of rotatable bonds is 0. The third-order valence-electron chi connectivity index (χ3n) is 5.00. The number of benzene rings is 1. The molecule has 4 rings (SSSR count). The van der Waals surface area contributed by atoms with Gasteiger partial charge in [-0.05, 0) is 38.2 Å². The Hall–Kier alpha value is -1.31. The van der Waals surface area contributed by atoms with Gasteiger partial charge in [-0.15, -0.1) is 0 Å². The van der Waals surface area contributed by atoms with Gasteiger partial charge in [-0.3, -0.25) is 4.99 Å². The van der Waals surface area contributed by atoms with Crippen molar-refractivity contribution < 1.29 is 0 Å². The Kier molecular flexibility index (Phi) is 2.26. The summed E-state index contributed by atoms with van der Waals surface area (Å²) in [5, 5.41) is 2.51. The van der Waals surface area contributed by atoms with Crippen LogP contribution >= 0.6 is 0 Å². The zero-order valence-electron chi connectivity index (χ0n) is 10.8. The minimum Gasteiger partial charge on any atom is -0.353 e. The van der Waals surface area contributed by atoms with Crippen molar-refractivity contribution in [2.24, 2.45) is 10.9 Å². The summed E-state index contributed by atoms with van der Waals surface area (Å²) in [6.45, 7) is 1.19. The van der Waals surface area contributed by atoms with E-state index in [-0.39, 0.29) is 5.66 Å². The second kappa shape index (κ2) is 3.84. The third-order valence-corrected chi connectivity index (χ3v) is 5.00. The quantitative estimate of drug-likeness (QED) is 0.677. The zero-order valence-corrected chi connectivity index (χ0v) is 10.8. The molecule has 0 amide bonds. The molecule has 2 heterocycles. The Labute approximate surface area is 108 Å². The van der Waals surface area contributed by atoms with Gasteiger partial charge in [-0.25, -0.2) is 0 Å². The molecular formula is C16H20N2. The summed E-state index contributed by atoms with van der Waals surface area (Å²) >= 11 is 0. The summed E-state index contributed by atoms with van der Waals surface area (Å²) in [4.78, 5) is 7.77. The molecule has 3 aliphatic rings. The van der Waals surface area contributed by atoms with Crippen molar-refractivity contribution in [1.82, 2.24) is 4.90 Å². The van der Waals surface area contributed by atoms with Gasteiger partial charge in [0.1, 0.15) is 5.66 Å². The maximum Gasteiger partial charge on any atom is 0.135 e. The van der Waals surface area contributed by atoms with Crippen molar-refractivity contribution in [2.75, 3.05) is 6.54 Å². The SMILES string of the molecule is C1=c2ccccc2=NC23CCCCC2CCCN13. The van der Waals surface area contributed by atoms with Crippen molar-refractivity contribution in [3.8, 4) is 0 Å². The fourth-order valence-electron chi connectivity index (χ4n) is 4.13. The number of hydrogen-bond donors (Lipinski definition) is 0. The minimum atomic E-state index is 0.116. The fraction of sp³-hybridized carbons (Fsp3) is 0.562. The minimum absolute atomic E-state index is 0.116. The largest absolute Gasteiger partial charge is 0.353 e. The van der Waals surface area contributed by atoms with E-state index in [4.69, 9.17) is 4.99 Å². The lowest BCUT2D eigenvalue weighted by molar-refractivity contribution is 0.0120. The molecule has 1 aliphatic carbocycles. The summed E-state index contributed by atoms with van der Waals surface area (Å²) in [6.07, 6.45) is 10.4. The molecule has 2 nitrogen and oxygen atoms in total. The molecule has 2 heteroatoms. The molecule has 1 spiro atoms. The average Bonchev–Trinajstić information content (AvgIpc) is 2.43. The van der Waals surface area contributed by atoms with E-state index in [1.165, 1.54) is 55.6 Å². The van der Waals surface area contributed by atoms with Crippen LogP contribution in [0, 0.1) is 5.92 Å². The second-order valence-electron chi connectivity index (χ2n) is 5.96. The van der Waals surface area contributed by atoms with Gasteiger partial charge in [0.05, 0.1) is 5.36 Å². The predicted molar refractivity (Wildman–Crippen MR) is 72.3 cm³/mol. The average molecular weight is 240 g/mol. The molecule has 2 unspecified atom stereocenters. The summed E-state index contributed by atoms with van der Waals surface area (Å²) in [6, 6.07) is 8.60. The van der Waals surface area contributed by atoms with Gasteiger partial charge < -0.3 is 4.90 Å². The summed E-state index contributed by atoms with van der Waals surface area (Å²) < 4.78 is 0. The molecule has 94 valence electrons. The Bertz CT molecular complexity index is 575. The van der Waals surface area contributed by atoms with Crippen LogP contribution < -0.4 is 10.6 Å². The molecule has 2 aliphatic heterocycles. The third kappa shape index (κ3) is 1.38. The lowest BCUT2D eigenvalue weighted by atomic mass is 9.73. The molecule has 1 saturated heterocycles. The predicted octanol–water partition coefficient (Wildman–Crippen LogP) is 2.04. The molecule has 1 saturated carbocycles. The molecule has 18 heavy (non-hydrogen) atoms. The zero-order chi connectivity index (χ0) is 12.0. The smallest absolute Gasteiger partial charge is 0.135 e. The highest BCUT2D eigenvalue weighted by Crippen LogP contribution is 2.45. The molecule has 0 bridgehead atoms. The van der Waals surface area contributed by atoms with Crippen LogP contribution in [0.25, 0.3) is 6.20 Å². The van der Waals surface area contributed by atoms with E-state index < -0.39 is 0 Å². The Morgan fingerprint density at radius 2 is 2.00 bits per heavy atom. The van der Waals surface area contributed by atoms with E-state index in [1.54, 1.807) is 0 Å². The lowest BCUT2D eigenvalue weighted by Gasteiger charge is -2.52. The van der Waals surface area contributed by atoms with Crippen LogP contribution in [0.2, 0.25) is 0 Å². The number of piperidine rings is 1. The molecular weight excluding hydrogens is 220 g/mol. The number of nitrogens with zero attached hydrogens (tertiary/aromatic N) is 2. The maximum atomic E-state index is 5.22. The number of para-hydroxylation sites is 1. The highest BCUT2D eigenvalue weighted by molar-refractivity contribution is 5.29. The number of hydrogen-bond acceptors (Lipinski definition) is 2. The summed E-state index contributed by atoms with van der Waals surface area (Å²) in [7, 11) is 0. The summed E-state index contributed by atoms with van der Waals surface area (Å²) in [5.41, 5.74) is 0.116. The molecule has 0 radical (unpaired) electrons. The maximum absolute atomic E-state index is 5.22. The van der Waals surface area contributed by atoms with E-state index in [2.05, 4.69) is 35.4 Å². The second-order valence-corrected chi connectivity index (χ2v) is 5.96. The van der Waals surface area contributed by atoms with Gasteiger partial charge in [0.15, 0.2) is 0 Å². The normalized spacial score (nSPS) is 33.6. The van der Waals surface area contributed by atoms with Crippen LogP contribution in [0.4, 0.5) is 0 Å². The monoisotopic (exact) mass is 240 g/mol. The van der Waals surface area contributed by atoms with E-state index in [0.29, 0.717) is 0 Å². The molecule has 0 N–H and O–H groups in total. The van der Waals surface area contributed by atoms with Gasteiger partial charge in [-0.2, -0.15) is 0 Å². The van der Waals surface area contributed by atoms with Crippen LogP contribution in [0.5, 0.6) is 0 Å². The van der Waals surface area contributed by atoms with Crippen molar-refractivity contribution in [3.05, 3.63) is 34.8 Å². The van der Waals surface area contributed by atoms with E-state index in [0.717, 1.165) is 5.92 Å². The Morgan fingerprint density at radius 1 is 1.11 bits per heavy atom. The van der Waals surface area contributed by atoms with Gasteiger partial charge in [0.25, 0.3) is 0 Å². The van der Waals surface area contributed by atoms with E-state index in [1.807, 2.05) is 0 Å². The molecule has 2 fully saturated rings. The molecule has 1 aromatic carbocycles. The van der Waals surface area contributed by atoms with Crippen molar-refractivity contribution >= 4 is 6.20 Å². The van der Waals surface area contributed by atoms with Crippen molar-refractivity contribution in [2.45, 2.75) is 44.2 Å². The highest BCUT2D eigenvalue weighted by Gasteiger charge is 2.46. The first-order valence-corrected chi connectivity index (χ1v) is 7.32. The summed E-state index contributed by atoms with van der Waals surface area (Å²) in [5.74, 6) is 0.782. The Balaban J connectivity index is 1.92. The van der Waals surface area contributed by atoms with Gasteiger partial charge in [0.2, 0.25) is 0 Å². The lowest BCUT2D eigenvalue weighted by Crippen LogP contribution is -2.59. The van der Waals surface area contributed by atoms with Crippen molar-refractivity contribution in [1.29, 1.82) is 0 Å². The molecule has 2 atom stereocenters. The van der Waals surface area contributed by atoms with Crippen molar-refractivity contribution in [3.63, 3.8) is 0 Å². The number of fused-ring (bicyclic) bond motifs is 1. The first-order chi connectivity index (χ1) is 8.88. The van der Waals surface area contributed by atoms with Crippen LogP contribution in [0.1, 0.15) is 38.5 Å². The first kappa shape index (κ1) is 10.6.